The van der Waals surface area contributed by atoms with Crippen molar-refractivity contribution in [2.45, 2.75) is 69.5 Å². The number of aryl methyl sites for hydroxylation is 1. The summed E-state index contributed by atoms with van der Waals surface area (Å²) in [7, 11) is -4.20. The van der Waals surface area contributed by atoms with E-state index in [2.05, 4.69) is 5.32 Å². The number of anilines is 1. The normalized spacial score (nSPS) is 14.4. The molecule has 1 aliphatic carbocycles. The van der Waals surface area contributed by atoms with Gasteiger partial charge in [0.05, 0.1) is 10.6 Å². The summed E-state index contributed by atoms with van der Waals surface area (Å²) in [4.78, 5) is 29.2. The Bertz CT molecular complexity index is 1510. The zero-order chi connectivity index (χ0) is 30.4. The number of hydrogen-bond donors (Lipinski definition) is 1. The van der Waals surface area contributed by atoms with Gasteiger partial charge in [-0.1, -0.05) is 72.8 Å². The molecule has 1 aliphatic rings. The van der Waals surface area contributed by atoms with E-state index >= 15 is 0 Å². The van der Waals surface area contributed by atoms with Crippen LogP contribution in [0.25, 0.3) is 0 Å². The Morgan fingerprint density at radius 2 is 1.57 bits per heavy atom. The lowest BCUT2D eigenvalue weighted by Crippen LogP contribution is -2.53. The minimum atomic E-state index is -4.20. The molecule has 0 heterocycles. The molecule has 0 bridgehead atoms. The van der Waals surface area contributed by atoms with Crippen LogP contribution in [0, 0.1) is 6.92 Å². The molecule has 1 unspecified atom stereocenters. The number of carbonyl (C=O) groups excluding carboxylic acids is 2. The summed E-state index contributed by atoms with van der Waals surface area (Å²) in [5.41, 5.74) is 1.61. The summed E-state index contributed by atoms with van der Waals surface area (Å²) >= 11 is 19.0. The fourth-order valence-electron chi connectivity index (χ4n) is 5.19. The average molecular weight is 651 g/mol. The summed E-state index contributed by atoms with van der Waals surface area (Å²) in [5.74, 6) is -0.859. The van der Waals surface area contributed by atoms with E-state index in [1.807, 2.05) is 19.9 Å². The third-order valence-electron chi connectivity index (χ3n) is 7.45. The number of nitrogens with zero attached hydrogens (tertiary/aromatic N) is 2. The van der Waals surface area contributed by atoms with E-state index in [1.165, 1.54) is 29.2 Å². The second-order valence-electron chi connectivity index (χ2n) is 10.4. The molecule has 1 saturated carbocycles. The molecule has 42 heavy (non-hydrogen) atoms. The highest BCUT2D eigenvalue weighted by molar-refractivity contribution is 7.92. The highest BCUT2D eigenvalue weighted by atomic mass is 35.5. The van der Waals surface area contributed by atoms with Gasteiger partial charge in [0.15, 0.2) is 0 Å². The van der Waals surface area contributed by atoms with Crippen LogP contribution >= 0.6 is 34.8 Å². The second kappa shape index (κ2) is 14.1. The molecule has 3 aromatic carbocycles. The van der Waals surface area contributed by atoms with E-state index in [0.29, 0.717) is 32.7 Å². The molecule has 1 atom stereocenters. The first kappa shape index (κ1) is 32.1. The first-order valence-electron chi connectivity index (χ1n) is 13.9. The zero-order valence-electron chi connectivity index (χ0n) is 23.5. The van der Waals surface area contributed by atoms with Crippen molar-refractivity contribution in [3.63, 3.8) is 0 Å². The lowest BCUT2D eigenvalue weighted by Gasteiger charge is -2.34. The molecule has 0 aliphatic heterocycles. The highest BCUT2D eigenvalue weighted by Gasteiger charge is 2.35. The van der Waals surface area contributed by atoms with Crippen molar-refractivity contribution in [3.05, 3.63) is 92.9 Å². The van der Waals surface area contributed by atoms with E-state index < -0.39 is 28.5 Å². The molecule has 4 rings (SSSR count). The molecule has 7 nitrogen and oxygen atoms in total. The molecule has 1 fully saturated rings. The van der Waals surface area contributed by atoms with Gasteiger partial charge >= 0.3 is 0 Å². The van der Waals surface area contributed by atoms with Gasteiger partial charge in [0.1, 0.15) is 12.6 Å². The number of halogens is 3. The lowest BCUT2D eigenvalue weighted by atomic mass is 10.1. The van der Waals surface area contributed by atoms with Gasteiger partial charge in [-0.2, -0.15) is 0 Å². The van der Waals surface area contributed by atoms with Gasteiger partial charge in [0, 0.05) is 33.2 Å². The fraction of sp³-hybridized carbons (Fsp3) is 0.355. The maximum atomic E-state index is 14.2. The van der Waals surface area contributed by atoms with Crippen molar-refractivity contribution in [1.82, 2.24) is 10.2 Å². The molecular weight excluding hydrogens is 617 g/mol. The Morgan fingerprint density at radius 3 is 2.17 bits per heavy atom. The number of sulfonamides is 1. The molecule has 3 aromatic rings. The molecule has 0 saturated heterocycles. The van der Waals surface area contributed by atoms with Crippen LogP contribution in [0.3, 0.4) is 0 Å². The van der Waals surface area contributed by atoms with Gasteiger partial charge in [-0.05, 0) is 80.3 Å². The molecule has 0 spiro atoms. The SMILES string of the molecule is CCC(C(=O)NC1CCCC1)N(Cc1c(Cl)cccc1Cl)C(=O)CN(c1cccc(C)c1)S(=O)(=O)c1ccc(Cl)cc1. The Kier molecular flexibility index (Phi) is 10.8. The van der Waals surface area contributed by atoms with E-state index in [-0.39, 0.29) is 23.4 Å². The van der Waals surface area contributed by atoms with Crippen LogP contribution in [0.4, 0.5) is 5.69 Å². The Morgan fingerprint density at radius 1 is 0.952 bits per heavy atom. The summed E-state index contributed by atoms with van der Waals surface area (Å²) in [6.45, 7) is 3.03. The van der Waals surface area contributed by atoms with Gasteiger partial charge in [-0.3, -0.25) is 13.9 Å². The number of nitrogens with one attached hydrogen (secondary N) is 1. The van der Waals surface area contributed by atoms with Crippen molar-refractivity contribution in [2.75, 3.05) is 10.8 Å². The number of hydrogen-bond acceptors (Lipinski definition) is 4. The van der Waals surface area contributed by atoms with Crippen LogP contribution in [0.1, 0.15) is 50.2 Å². The summed E-state index contributed by atoms with van der Waals surface area (Å²) in [5, 5.41) is 4.16. The van der Waals surface area contributed by atoms with Crippen molar-refractivity contribution in [2.24, 2.45) is 0 Å². The number of rotatable bonds is 11. The smallest absolute Gasteiger partial charge is 0.264 e. The summed E-state index contributed by atoms with van der Waals surface area (Å²) in [6.07, 6.45) is 4.14. The van der Waals surface area contributed by atoms with E-state index in [4.69, 9.17) is 34.8 Å². The Hall–Kier alpha value is -2.78. The van der Waals surface area contributed by atoms with Crippen molar-refractivity contribution in [1.29, 1.82) is 0 Å². The summed E-state index contributed by atoms with van der Waals surface area (Å²) in [6, 6.07) is 16.8. The monoisotopic (exact) mass is 649 g/mol. The third-order valence-corrected chi connectivity index (χ3v) is 10.2. The summed E-state index contributed by atoms with van der Waals surface area (Å²) < 4.78 is 29.0. The Labute approximate surface area is 262 Å². The molecular formula is C31H34Cl3N3O4S. The van der Waals surface area contributed by atoms with E-state index in [9.17, 15) is 18.0 Å². The topological polar surface area (TPSA) is 86.8 Å². The van der Waals surface area contributed by atoms with Gasteiger partial charge < -0.3 is 10.2 Å². The first-order chi connectivity index (χ1) is 20.0. The minimum Gasteiger partial charge on any atom is -0.352 e. The second-order valence-corrected chi connectivity index (χ2v) is 13.6. The van der Waals surface area contributed by atoms with Crippen LogP contribution in [0.2, 0.25) is 15.1 Å². The van der Waals surface area contributed by atoms with Crippen LogP contribution < -0.4 is 9.62 Å². The van der Waals surface area contributed by atoms with Crippen LogP contribution in [-0.2, 0) is 26.2 Å². The molecule has 2 amide bonds. The van der Waals surface area contributed by atoms with E-state index in [1.54, 1.807) is 36.4 Å². The quantitative estimate of drug-likeness (QED) is 0.242. The standard InChI is InChI=1S/C31H34Cl3N3O4S/c1-3-29(31(39)35-23-9-4-5-10-23)36(19-26-27(33)12-7-13-28(26)34)30(38)20-37(24-11-6-8-21(2)18-24)42(40,41)25-16-14-22(32)15-17-25/h6-8,11-18,23,29H,3-5,9-10,19-20H2,1-2H3,(H,35,39). The molecule has 224 valence electrons. The predicted octanol–water partition coefficient (Wildman–Crippen LogP) is 7.02. The Balaban J connectivity index is 1.75. The lowest BCUT2D eigenvalue weighted by molar-refractivity contribution is -0.140. The van der Waals surface area contributed by atoms with Crippen LogP contribution in [0.15, 0.2) is 71.6 Å². The average Bonchev–Trinajstić information content (AvgIpc) is 3.46. The van der Waals surface area contributed by atoms with Crippen molar-refractivity contribution < 1.29 is 18.0 Å². The molecule has 0 radical (unpaired) electrons. The number of benzene rings is 3. The fourth-order valence-corrected chi connectivity index (χ4v) is 7.24. The van der Waals surface area contributed by atoms with Gasteiger partial charge in [0.25, 0.3) is 10.0 Å². The zero-order valence-corrected chi connectivity index (χ0v) is 26.6. The first-order valence-corrected chi connectivity index (χ1v) is 16.5. The molecule has 11 heteroatoms. The van der Waals surface area contributed by atoms with E-state index in [0.717, 1.165) is 35.6 Å². The van der Waals surface area contributed by atoms with Crippen LogP contribution in [-0.4, -0.2) is 43.8 Å². The minimum absolute atomic E-state index is 0.0204. The largest absolute Gasteiger partial charge is 0.352 e. The molecule has 0 aromatic heterocycles. The van der Waals surface area contributed by atoms with Crippen LogP contribution in [0.5, 0.6) is 0 Å². The predicted molar refractivity (Wildman–Crippen MR) is 169 cm³/mol. The van der Waals surface area contributed by atoms with Gasteiger partial charge in [0.2, 0.25) is 11.8 Å². The van der Waals surface area contributed by atoms with Gasteiger partial charge in [-0.15, -0.1) is 0 Å². The number of amides is 2. The third kappa shape index (κ3) is 7.59. The maximum absolute atomic E-state index is 14.2. The van der Waals surface area contributed by atoms with Gasteiger partial charge in [-0.25, -0.2) is 8.42 Å². The van der Waals surface area contributed by atoms with Crippen molar-refractivity contribution >= 4 is 62.3 Å². The molecule has 1 N–H and O–H groups in total. The van der Waals surface area contributed by atoms with Crippen molar-refractivity contribution in [3.8, 4) is 0 Å². The maximum Gasteiger partial charge on any atom is 0.264 e. The number of carbonyl (C=O) groups is 2. The highest BCUT2D eigenvalue weighted by Crippen LogP contribution is 2.29.